The molecule has 2 aromatic carbocycles. The molecule has 12 heteroatoms. The molecule has 2 heterocycles. The van der Waals surface area contributed by atoms with Crippen LogP contribution in [0.1, 0.15) is 17.5 Å². The first-order valence-electron chi connectivity index (χ1n) is 11.7. The van der Waals surface area contributed by atoms with Gasteiger partial charge in [-0.2, -0.15) is 0 Å². The highest BCUT2D eigenvalue weighted by molar-refractivity contribution is 7.66. The summed E-state index contributed by atoms with van der Waals surface area (Å²) in [4.78, 5) is 10.7. The van der Waals surface area contributed by atoms with Gasteiger partial charge in [0.05, 0.1) is 4.99 Å². The molecule has 2 saturated heterocycles. The third kappa shape index (κ3) is 11.9. The molecular formula is C25H36Cl6N4OS. The lowest BCUT2D eigenvalue weighted by molar-refractivity contribution is 0.128. The molecule has 0 aliphatic carbocycles. The molecule has 0 aromatic heterocycles. The molecule has 0 radical (unpaired) electrons. The summed E-state index contributed by atoms with van der Waals surface area (Å²) < 4.78 is 11.9. The molecule has 0 atom stereocenters. The average Bonchev–Trinajstić information content (AvgIpc) is 2.84. The van der Waals surface area contributed by atoms with Gasteiger partial charge in [-0.15, -0.1) is 49.6 Å². The van der Waals surface area contributed by atoms with Crippen LogP contribution >= 0.6 is 72.8 Å². The first-order chi connectivity index (χ1) is 16.1. The van der Waals surface area contributed by atoms with E-state index in [2.05, 4.69) is 43.9 Å². The van der Waals surface area contributed by atoms with Gasteiger partial charge in [0.15, 0.2) is 0 Å². The fraction of sp³-hybridized carbons (Fsp3) is 0.480. The monoisotopic (exact) mass is 650 g/mol. The number of benzene rings is 2. The van der Waals surface area contributed by atoms with E-state index in [1.54, 1.807) is 0 Å². The van der Waals surface area contributed by atoms with Crippen LogP contribution in [0.3, 0.4) is 0 Å². The Hall–Kier alpha value is -0.0900. The van der Waals surface area contributed by atoms with Gasteiger partial charge < -0.3 is 4.90 Å². The Bertz CT molecular complexity index is 947. The zero-order valence-electron chi connectivity index (χ0n) is 20.6. The maximum Gasteiger partial charge on any atom is 0.104 e. The molecule has 2 aliphatic rings. The molecule has 5 nitrogen and oxygen atoms in total. The van der Waals surface area contributed by atoms with Crippen molar-refractivity contribution in [2.75, 3.05) is 58.9 Å². The molecule has 0 saturated carbocycles. The van der Waals surface area contributed by atoms with Crippen LogP contribution < -0.4 is 0 Å². The molecule has 210 valence electrons. The SMILES string of the molecule is Cl.Cl.Cl.Cl.O=S=C(CCN1CCN(Cc2ccc(Cl)cc2)CC1)N1CCN(Cc2ccc(Cl)cc2)CC1. The lowest BCUT2D eigenvalue weighted by Gasteiger charge is -2.37. The normalized spacial score (nSPS) is 16.9. The lowest BCUT2D eigenvalue weighted by Crippen LogP contribution is -2.50. The summed E-state index contributed by atoms with van der Waals surface area (Å²) in [6.07, 6.45) is 0.850. The van der Waals surface area contributed by atoms with Crippen molar-refractivity contribution in [2.45, 2.75) is 19.5 Å². The van der Waals surface area contributed by atoms with Crippen LogP contribution in [0.15, 0.2) is 48.5 Å². The van der Waals surface area contributed by atoms with E-state index in [9.17, 15) is 4.21 Å². The van der Waals surface area contributed by atoms with Gasteiger partial charge in [-0.05, 0) is 35.4 Å². The summed E-state index contributed by atoms with van der Waals surface area (Å²) in [6.45, 7) is 10.9. The van der Waals surface area contributed by atoms with E-state index >= 15 is 0 Å². The number of hydrogen-bond donors (Lipinski definition) is 0. The molecule has 0 N–H and O–H groups in total. The Kier molecular flexibility index (Phi) is 19.0. The molecule has 0 bridgehead atoms. The van der Waals surface area contributed by atoms with Gasteiger partial charge in [-0.3, -0.25) is 14.7 Å². The van der Waals surface area contributed by atoms with Crippen LogP contribution in [0.4, 0.5) is 0 Å². The zero-order valence-corrected chi connectivity index (χ0v) is 26.2. The minimum atomic E-state index is 0. The summed E-state index contributed by atoms with van der Waals surface area (Å²) >= 11 is 12.7. The van der Waals surface area contributed by atoms with Crippen molar-refractivity contribution in [3.63, 3.8) is 0 Å². The second-order valence-electron chi connectivity index (χ2n) is 8.86. The average molecular weight is 653 g/mol. The van der Waals surface area contributed by atoms with Crippen LogP contribution in [0.25, 0.3) is 0 Å². The van der Waals surface area contributed by atoms with Crippen molar-refractivity contribution in [2.24, 2.45) is 0 Å². The van der Waals surface area contributed by atoms with Crippen molar-refractivity contribution in [3.05, 3.63) is 69.7 Å². The van der Waals surface area contributed by atoms with Crippen molar-refractivity contribution in [1.29, 1.82) is 0 Å². The number of nitrogens with zero attached hydrogens (tertiary/aromatic N) is 4. The van der Waals surface area contributed by atoms with Gasteiger partial charge in [0.25, 0.3) is 0 Å². The number of piperazine rings is 2. The second kappa shape index (κ2) is 19.1. The van der Waals surface area contributed by atoms with Crippen LogP contribution in [-0.2, 0) is 24.3 Å². The Balaban J connectivity index is 0.00000324. The van der Waals surface area contributed by atoms with E-state index < -0.39 is 0 Å². The maximum atomic E-state index is 11.9. The van der Waals surface area contributed by atoms with E-state index in [-0.39, 0.29) is 49.6 Å². The minimum absolute atomic E-state index is 0. The molecule has 0 spiro atoms. The summed E-state index contributed by atoms with van der Waals surface area (Å²) in [5.74, 6) is 0. The van der Waals surface area contributed by atoms with E-state index in [0.717, 1.165) is 93.4 Å². The molecule has 0 amide bonds. The predicted octanol–water partition coefficient (Wildman–Crippen LogP) is 5.35. The Morgan fingerprint density at radius 2 is 1.00 bits per heavy atom. The van der Waals surface area contributed by atoms with Crippen molar-refractivity contribution >= 4 is 89.1 Å². The van der Waals surface area contributed by atoms with Crippen molar-refractivity contribution in [3.8, 4) is 0 Å². The zero-order chi connectivity index (χ0) is 23.0. The van der Waals surface area contributed by atoms with Crippen molar-refractivity contribution < 1.29 is 4.21 Å². The minimum Gasteiger partial charge on any atom is -0.300 e. The van der Waals surface area contributed by atoms with Gasteiger partial charge in [-0.1, -0.05) is 47.5 Å². The Morgan fingerprint density at radius 3 is 1.41 bits per heavy atom. The van der Waals surface area contributed by atoms with Crippen molar-refractivity contribution in [1.82, 2.24) is 19.6 Å². The van der Waals surface area contributed by atoms with Crippen LogP contribution in [0.5, 0.6) is 0 Å². The standard InChI is InChI=1S/C25H32Cl2N4OS.4ClH/c26-23-5-1-21(2-6-23)19-29-13-11-28(12-14-29)10-9-25(33-32)31-17-15-30(16-18-31)20-22-3-7-24(27)8-4-22;;;;/h1-8H,9-20H2;4*1H. The van der Waals surface area contributed by atoms with E-state index in [4.69, 9.17) is 23.2 Å². The quantitative estimate of drug-likeness (QED) is 0.377. The first kappa shape index (κ1) is 36.9. The van der Waals surface area contributed by atoms with Gasteiger partial charge >= 0.3 is 0 Å². The topological polar surface area (TPSA) is 30.0 Å². The van der Waals surface area contributed by atoms with Gasteiger partial charge in [0.1, 0.15) is 11.3 Å². The van der Waals surface area contributed by atoms with Crippen LogP contribution in [-0.4, -0.2) is 87.7 Å². The van der Waals surface area contributed by atoms with E-state index in [0.29, 0.717) is 11.3 Å². The van der Waals surface area contributed by atoms with Crippen LogP contribution in [0.2, 0.25) is 10.0 Å². The van der Waals surface area contributed by atoms with E-state index in [1.807, 2.05) is 24.3 Å². The number of hydrogen-bond acceptors (Lipinski definition) is 4. The molecule has 4 rings (SSSR count). The fourth-order valence-corrected chi connectivity index (χ4v) is 5.24. The number of rotatable bonds is 7. The molecular weight excluding hydrogens is 617 g/mol. The highest BCUT2D eigenvalue weighted by Crippen LogP contribution is 2.15. The van der Waals surface area contributed by atoms with Gasteiger partial charge in [0, 0.05) is 88.5 Å². The lowest BCUT2D eigenvalue weighted by atomic mass is 10.2. The summed E-state index contributed by atoms with van der Waals surface area (Å²) in [6, 6.07) is 16.2. The molecule has 2 fully saturated rings. The third-order valence-electron chi connectivity index (χ3n) is 6.57. The number of halogens is 6. The predicted molar refractivity (Wildman–Crippen MR) is 168 cm³/mol. The highest BCUT2D eigenvalue weighted by Gasteiger charge is 2.22. The highest BCUT2D eigenvalue weighted by atomic mass is 35.5. The smallest absolute Gasteiger partial charge is 0.104 e. The maximum absolute atomic E-state index is 11.9. The Morgan fingerprint density at radius 1 is 0.622 bits per heavy atom. The first-order valence-corrected chi connectivity index (χ1v) is 13.2. The summed E-state index contributed by atoms with van der Waals surface area (Å²) in [7, 11) is 0. The largest absolute Gasteiger partial charge is 0.300 e. The van der Waals surface area contributed by atoms with Crippen LogP contribution in [0, 0.1) is 0 Å². The second-order valence-corrected chi connectivity index (χ2v) is 10.4. The molecule has 2 aliphatic heterocycles. The molecule has 2 aromatic rings. The van der Waals surface area contributed by atoms with Gasteiger partial charge in [0.2, 0.25) is 0 Å². The third-order valence-corrected chi connectivity index (χ3v) is 7.73. The summed E-state index contributed by atoms with van der Waals surface area (Å²) in [5.41, 5.74) is 2.59. The molecule has 37 heavy (non-hydrogen) atoms. The van der Waals surface area contributed by atoms with E-state index in [1.165, 1.54) is 11.1 Å². The molecule has 0 unspecified atom stereocenters. The summed E-state index contributed by atoms with van der Waals surface area (Å²) in [5, 5.41) is 1.56. The van der Waals surface area contributed by atoms with Gasteiger partial charge in [-0.25, -0.2) is 4.21 Å². The Labute approximate surface area is 259 Å². The fourth-order valence-electron chi connectivity index (χ4n) is 4.53.